The number of benzene rings is 1. The summed E-state index contributed by atoms with van der Waals surface area (Å²) < 4.78 is 0. The van der Waals surface area contributed by atoms with Crippen molar-refractivity contribution in [2.24, 2.45) is 5.92 Å². The summed E-state index contributed by atoms with van der Waals surface area (Å²) in [5.41, 5.74) is 1.12. The smallest absolute Gasteiger partial charge is 0.220 e. The van der Waals surface area contributed by atoms with Crippen molar-refractivity contribution in [1.82, 2.24) is 10.6 Å². The van der Waals surface area contributed by atoms with Gasteiger partial charge < -0.3 is 10.6 Å². The number of rotatable bonds is 6. The highest BCUT2D eigenvalue weighted by Crippen LogP contribution is 2.20. The lowest BCUT2D eigenvalue weighted by Gasteiger charge is -2.18. The predicted octanol–water partition coefficient (Wildman–Crippen LogP) is 3.30. The van der Waals surface area contributed by atoms with E-state index in [-0.39, 0.29) is 11.9 Å². The Balaban J connectivity index is 1.82. The number of hydrogen-bond acceptors (Lipinski definition) is 2. The molecule has 1 aliphatic heterocycles. The number of amides is 1. The van der Waals surface area contributed by atoms with Crippen molar-refractivity contribution in [3.63, 3.8) is 0 Å². The Hall–Kier alpha value is -1.06. The highest BCUT2D eigenvalue weighted by molar-refractivity contribution is 6.30. The first kappa shape index (κ1) is 15.3. The van der Waals surface area contributed by atoms with E-state index in [0.717, 1.165) is 36.5 Å². The van der Waals surface area contributed by atoms with E-state index >= 15 is 0 Å². The van der Waals surface area contributed by atoms with Crippen LogP contribution in [0.15, 0.2) is 24.3 Å². The second kappa shape index (κ2) is 7.65. The fourth-order valence-electron chi connectivity index (χ4n) is 2.68. The minimum atomic E-state index is 0.0847. The van der Waals surface area contributed by atoms with Crippen LogP contribution in [0.1, 0.15) is 44.2 Å². The molecule has 2 atom stereocenters. The zero-order valence-electron chi connectivity index (χ0n) is 12.0. The van der Waals surface area contributed by atoms with E-state index in [0.29, 0.717) is 12.3 Å². The molecule has 2 unspecified atom stereocenters. The van der Waals surface area contributed by atoms with Gasteiger partial charge in [0.25, 0.3) is 0 Å². The third-order valence-electron chi connectivity index (χ3n) is 3.96. The van der Waals surface area contributed by atoms with Gasteiger partial charge in [-0.25, -0.2) is 0 Å². The van der Waals surface area contributed by atoms with Gasteiger partial charge in [-0.2, -0.15) is 0 Å². The summed E-state index contributed by atoms with van der Waals surface area (Å²) in [5.74, 6) is 0.815. The number of carbonyl (C=O) groups is 1. The predicted molar refractivity (Wildman–Crippen MR) is 82.8 cm³/mol. The molecule has 1 fully saturated rings. The van der Waals surface area contributed by atoms with Crippen LogP contribution in [0.3, 0.4) is 0 Å². The summed E-state index contributed by atoms with van der Waals surface area (Å²) in [7, 11) is 0. The van der Waals surface area contributed by atoms with Crippen LogP contribution < -0.4 is 10.6 Å². The normalized spacial score (nSPS) is 19.8. The van der Waals surface area contributed by atoms with E-state index < -0.39 is 0 Å². The largest absolute Gasteiger partial charge is 0.349 e. The van der Waals surface area contributed by atoms with Gasteiger partial charge in [0.15, 0.2) is 0 Å². The van der Waals surface area contributed by atoms with Crippen LogP contribution in [0, 0.1) is 5.92 Å². The molecule has 1 heterocycles. The molecule has 3 nitrogen and oxygen atoms in total. The molecule has 1 aromatic carbocycles. The SMILES string of the molecule is CCC(NC(=O)CCC1CCNC1)c1ccc(Cl)cc1. The topological polar surface area (TPSA) is 41.1 Å². The molecule has 20 heavy (non-hydrogen) atoms. The zero-order valence-corrected chi connectivity index (χ0v) is 12.7. The van der Waals surface area contributed by atoms with E-state index in [4.69, 9.17) is 11.6 Å². The molecule has 2 rings (SSSR count). The summed E-state index contributed by atoms with van der Waals surface area (Å²) in [6.07, 6.45) is 3.69. The number of carbonyl (C=O) groups excluding carboxylic acids is 1. The standard InChI is InChI=1S/C16H23ClN2O/c1-2-15(13-4-6-14(17)7-5-13)19-16(20)8-3-12-9-10-18-11-12/h4-7,12,15,18H,2-3,8-11H2,1H3,(H,19,20). The van der Waals surface area contributed by atoms with E-state index in [1.807, 2.05) is 24.3 Å². The van der Waals surface area contributed by atoms with Gasteiger partial charge in [-0.3, -0.25) is 4.79 Å². The van der Waals surface area contributed by atoms with Gasteiger partial charge in [0.05, 0.1) is 6.04 Å². The molecular weight excluding hydrogens is 272 g/mol. The molecule has 0 spiro atoms. The molecule has 1 aliphatic rings. The number of nitrogens with one attached hydrogen (secondary N) is 2. The van der Waals surface area contributed by atoms with Crippen LogP contribution in [0.2, 0.25) is 5.02 Å². The van der Waals surface area contributed by atoms with Crippen molar-refractivity contribution in [3.8, 4) is 0 Å². The molecule has 0 aromatic heterocycles. The molecule has 0 aliphatic carbocycles. The zero-order chi connectivity index (χ0) is 14.4. The van der Waals surface area contributed by atoms with Crippen LogP contribution in [-0.4, -0.2) is 19.0 Å². The fourth-order valence-corrected chi connectivity index (χ4v) is 2.80. The van der Waals surface area contributed by atoms with Gasteiger partial charge in [-0.1, -0.05) is 30.7 Å². The van der Waals surface area contributed by atoms with Crippen molar-refractivity contribution in [2.75, 3.05) is 13.1 Å². The van der Waals surface area contributed by atoms with Crippen LogP contribution in [0.4, 0.5) is 0 Å². The molecule has 0 bridgehead atoms. The summed E-state index contributed by atoms with van der Waals surface area (Å²) in [6, 6.07) is 7.79. The number of hydrogen-bond donors (Lipinski definition) is 2. The molecule has 1 amide bonds. The second-order valence-electron chi connectivity index (χ2n) is 5.48. The molecule has 2 N–H and O–H groups in total. The van der Waals surface area contributed by atoms with Crippen molar-refractivity contribution < 1.29 is 4.79 Å². The van der Waals surface area contributed by atoms with E-state index in [2.05, 4.69) is 17.6 Å². The highest BCUT2D eigenvalue weighted by atomic mass is 35.5. The Morgan fingerprint density at radius 2 is 2.20 bits per heavy atom. The number of halogens is 1. The van der Waals surface area contributed by atoms with E-state index in [9.17, 15) is 4.79 Å². The van der Waals surface area contributed by atoms with Gasteiger partial charge in [0.1, 0.15) is 0 Å². The van der Waals surface area contributed by atoms with Crippen molar-refractivity contribution in [2.45, 2.75) is 38.6 Å². The van der Waals surface area contributed by atoms with Gasteiger partial charge >= 0.3 is 0 Å². The molecule has 0 saturated carbocycles. The lowest BCUT2D eigenvalue weighted by molar-refractivity contribution is -0.122. The Morgan fingerprint density at radius 3 is 2.80 bits per heavy atom. The third kappa shape index (κ3) is 4.50. The van der Waals surface area contributed by atoms with Gasteiger partial charge in [0, 0.05) is 11.4 Å². The van der Waals surface area contributed by atoms with E-state index in [1.54, 1.807) is 0 Å². The molecule has 4 heteroatoms. The maximum absolute atomic E-state index is 12.1. The lowest BCUT2D eigenvalue weighted by Crippen LogP contribution is -2.28. The Kier molecular flexibility index (Phi) is 5.86. The summed E-state index contributed by atoms with van der Waals surface area (Å²) in [5, 5.41) is 7.18. The highest BCUT2D eigenvalue weighted by Gasteiger charge is 2.17. The fraction of sp³-hybridized carbons (Fsp3) is 0.562. The quantitative estimate of drug-likeness (QED) is 0.845. The average Bonchev–Trinajstić information content (AvgIpc) is 2.97. The Labute approximate surface area is 126 Å². The lowest BCUT2D eigenvalue weighted by atomic mass is 10.0. The van der Waals surface area contributed by atoms with Gasteiger partial charge in [-0.15, -0.1) is 0 Å². The minimum absolute atomic E-state index is 0.0847. The molecular formula is C16H23ClN2O. The molecule has 1 aromatic rings. The summed E-state index contributed by atoms with van der Waals surface area (Å²) in [4.78, 5) is 12.1. The first-order chi connectivity index (χ1) is 9.69. The van der Waals surface area contributed by atoms with Gasteiger partial charge in [0.2, 0.25) is 5.91 Å². The van der Waals surface area contributed by atoms with Crippen LogP contribution in [0.25, 0.3) is 0 Å². The van der Waals surface area contributed by atoms with Crippen molar-refractivity contribution >= 4 is 17.5 Å². The molecule has 0 radical (unpaired) electrons. The van der Waals surface area contributed by atoms with Crippen molar-refractivity contribution in [3.05, 3.63) is 34.9 Å². The van der Waals surface area contributed by atoms with Crippen LogP contribution in [-0.2, 0) is 4.79 Å². The second-order valence-corrected chi connectivity index (χ2v) is 5.91. The monoisotopic (exact) mass is 294 g/mol. The average molecular weight is 295 g/mol. The Morgan fingerprint density at radius 1 is 1.45 bits per heavy atom. The molecule has 110 valence electrons. The summed E-state index contributed by atoms with van der Waals surface area (Å²) >= 11 is 5.89. The van der Waals surface area contributed by atoms with Crippen molar-refractivity contribution in [1.29, 1.82) is 0 Å². The Bertz CT molecular complexity index is 427. The van der Waals surface area contributed by atoms with Crippen LogP contribution in [0.5, 0.6) is 0 Å². The summed E-state index contributed by atoms with van der Waals surface area (Å²) in [6.45, 7) is 4.23. The molecule has 1 saturated heterocycles. The van der Waals surface area contributed by atoms with E-state index in [1.165, 1.54) is 6.42 Å². The first-order valence-corrected chi connectivity index (χ1v) is 7.82. The van der Waals surface area contributed by atoms with Crippen LogP contribution >= 0.6 is 11.6 Å². The third-order valence-corrected chi connectivity index (χ3v) is 4.21. The first-order valence-electron chi connectivity index (χ1n) is 7.44. The van der Waals surface area contributed by atoms with Gasteiger partial charge in [-0.05, 0) is 56.0 Å². The minimum Gasteiger partial charge on any atom is -0.349 e. The maximum atomic E-state index is 12.1. The maximum Gasteiger partial charge on any atom is 0.220 e.